The number of esters is 2. The highest BCUT2D eigenvalue weighted by Crippen LogP contribution is 2.44. The van der Waals surface area contributed by atoms with Gasteiger partial charge in [-0.05, 0) is 68.6 Å². The first kappa shape index (κ1) is 31.3. The molecule has 0 bridgehead atoms. The van der Waals surface area contributed by atoms with Gasteiger partial charge in [0.15, 0.2) is 0 Å². The van der Waals surface area contributed by atoms with Crippen molar-refractivity contribution in [3.8, 4) is 0 Å². The number of hydrogen-bond acceptors (Lipinski definition) is 6. The molecule has 37 heavy (non-hydrogen) atoms. The third-order valence-electron chi connectivity index (χ3n) is 8.18. The van der Waals surface area contributed by atoms with Crippen LogP contribution in [0.1, 0.15) is 77.0 Å². The SMILES string of the molecule is C=C(CO)C(=O)OCC(COC(=O)C(=C)CO)C1CCC(C2CCC(CCCCC(F)(F)F)CC2)CC1. The molecule has 0 aromatic rings. The first-order valence-electron chi connectivity index (χ1n) is 13.5. The van der Waals surface area contributed by atoms with Gasteiger partial charge in [-0.1, -0.05) is 38.8 Å². The Hall–Kier alpha value is -1.87. The Labute approximate surface area is 218 Å². The number of halogens is 3. The van der Waals surface area contributed by atoms with Gasteiger partial charge >= 0.3 is 18.1 Å². The summed E-state index contributed by atoms with van der Waals surface area (Å²) in [5.41, 5.74) is -0.0758. The molecule has 2 N–H and O–H groups in total. The van der Waals surface area contributed by atoms with Crippen LogP contribution in [0.15, 0.2) is 24.3 Å². The Morgan fingerprint density at radius 2 is 1.24 bits per heavy atom. The van der Waals surface area contributed by atoms with Gasteiger partial charge in [-0.15, -0.1) is 0 Å². The molecule has 0 amide bonds. The number of aliphatic hydroxyl groups excluding tert-OH is 2. The van der Waals surface area contributed by atoms with Crippen molar-refractivity contribution >= 4 is 11.9 Å². The van der Waals surface area contributed by atoms with Crippen LogP contribution in [0.3, 0.4) is 0 Å². The van der Waals surface area contributed by atoms with E-state index in [4.69, 9.17) is 19.7 Å². The molecule has 0 aromatic heterocycles. The van der Waals surface area contributed by atoms with Crippen molar-refractivity contribution in [3.63, 3.8) is 0 Å². The number of rotatable bonds is 14. The summed E-state index contributed by atoms with van der Waals surface area (Å²) in [5.74, 6) is 0.423. The fourth-order valence-corrected chi connectivity index (χ4v) is 5.81. The van der Waals surface area contributed by atoms with E-state index in [1.807, 2.05) is 0 Å². The zero-order valence-electron chi connectivity index (χ0n) is 21.8. The fraction of sp³-hybridized carbons (Fsp3) is 0.786. The third kappa shape index (κ3) is 11.2. The highest BCUT2D eigenvalue weighted by molar-refractivity contribution is 5.88. The van der Waals surface area contributed by atoms with Crippen molar-refractivity contribution in [1.29, 1.82) is 0 Å². The molecule has 6 nitrogen and oxygen atoms in total. The van der Waals surface area contributed by atoms with Gasteiger partial charge in [0.2, 0.25) is 0 Å². The van der Waals surface area contributed by atoms with Gasteiger partial charge in [0.05, 0.1) is 37.6 Å². The fourth-order valence-electron chi connectivity index (χ4n) is 5.81. The summed E-state index contributed by atoms with van der Waals surface area (Å²) in [6, 6.07) is 0. The molecular weight excluding hydrogens is 489 g/mol. The second-order valence-corrected chi connectivity index (χ2v) is 10.8. The van der Waals surface area contributed by atoms with Crippen LogP contribution in [0, 0.1) is 29.6 Å². The second-order valence-electron chi connectivity index (χ2n) is 10.8. The predicted molar refractivity (Wildman–Crippen MR) is 133 cm³/mol. The van der Waals surface area contributed by atoms with Crippen molar-refractivity contribution in [2.24, 2.45) is 29.6 Å². The number of ether oxygens (including phenoxy) is 2. The molecule has 9 heteroatoms. The van der Waals surface area contributed by atoms with E-state index < -0.39 is 37.7 Å². The van der Waals surface area contributed by atoms with E-state index in [2.05, 4.69) is 13.2 Å². The van der Waals surface area contributed by atoms with Crippen molar-refractivity contribution in [3.05, 3.63) is 24.3 Å². The normalized spacial score (nSPS) is 24.5. The van der Waals surface area contributed by atoms with Crippen molar-refractivity contribution in [1.82, 2.24) is 0 Å². The minimum atomic E-state index is -4.05. The molecule has 0 heterocycles. The van der Waals surface area contributed by atoms with E-state index in [-0.39, 0.29) is 42.6 Å². The Kier molecular flexibility index (Phi) is 13.1. The molecule has 0 spiro atoms. The second kappa shape index (κ2) is 15.5. The van der Waals surface area contributed by atoms with Gasteiger partial charge in [0.1, 0.15) is 0 Å². The minimum absolute atomic E-state index is 0.0379. The molecule has 0 atom stereocenters. The van der Waals surface area contributed by atoms with E-state index in [0.29, 0.717) is 24.2 Å². The van der Waals surface area contributed by atoms with Crippen LogP contribution in [-0.2, 0) is 19.1 Å². The Morgan fingerprint density at radius 1 is 0.784 bits per heavy atom. The molecule has 2 aliphatic rings. The highest BCUT2D eigenvalue weighted by Gasteiger charge is 2.34. The minimum Gasteiger partial charge on any atom is -0.462 e. The maximum atomic E-state index is 12.3. The average molecular weight is 533 g/mol. The first-order chi connectivity index (χ1) is 17.5. The van der Waals surface area contributed by atoms with Crippen LogP contribution < -0.4 is 0 Å². The van der Waals surface area contributed by atoms with E-state index in [1.54, 1.807) is 0 Å². The Morgan fingerprint density at radius 3 is 1.68 bits per heavy atom. The summed E-state index contributed by atoms with van der Waals surface area (Å²) in [5, 5.41) is 18.2. The quantitative estimate of drug-likeness (QED) is 0.174. The van der Waals surface area contributed by atoms with E-state index >= 15 is 0 Å². The van der Waals surface area contributed by atoms with E-state index in [1.165, 1.54) is 0 Å². The Bertz CT molecular complexity index is 718. The summed E-state index contributed by atoms with van der Waals surface area (Å²) in [6.45, 7) is 6.06. The highest BCUT2D eigenvalue weighted by atomic mass is 19.4. The smallest absolute Gasteiger partial charge is 0.389 e. The number of carbonyl (C=O) groups excluding carboxylic acids is 2. The Balaban J connectivity index is 1.80. The maximum Gasteiger partial charge on any atom is 0.389 e. The van der Waals surface area contributed by atoms with Crippen LogP contribution in [-0.4, -0.2) is 54.8 Å². The lowest BCUT2D eigenvalue weighted by Crippen LogP contribution is -2.33. The van der Waals surface area contributed by atoms with Gasteiger partial charge in [-0.2, -0.15) is 13.2 Å². The summed E-state index contributed by atoms with van der Waals surface area (Å²) in [4.78, 5) is 24.0. The topological polar surface area (TPSA) is 93.1 Å². The number of alkyl halides is 3. The standard InChI is InChI=1S/C28H43F3O6/c1-19(15-32)26(34)36-17-25(18-37-27(35)20(2)16-33)24-12-10-23(11-13-24)22-8-6-21(7-9-22)5-3-4-14-28(29,30)31/h21-25,32-33H,1-18H2. The van der Waals surface area contributed by atoms with Gasteiger partial charge in [0.25, 0.3) is 0 Å². The van der Waals surface area contributed by atoms with Crippen LogP contribution in [0.4, 0.5) is 13.2 Å². The summed E-state index contributed by atoms with van der Waals surface area (Å²) in [6.07, 6.45) is 5.38. The van der Waals surface area contributed by atoms with Crippen molar-refractivity contribution in [2.75, 3.05) is 26.4 Å². The van der Waals surface area contributed by atoms with Crippen LogP contribution in [0.25, 0.3) is 0 Å². The molecule has 2 aliphatic carbocycles. The summed E-state index contributed by atoms with van der Waals surface area (Å²) >= 11 is 0. The number of carbonyl (C=O) groups is 2. The van der Waals surface area contributed by atoms with E-state index in [0.717, 1.165) is 57.8 Å². The van der Waals surface area contributed by atoms with Gasteiger partial charge in [-0.3, -0.25) is 0 Å². The lowest BCUT2D eigenvalue weighted by Gasteiger charge is -2.39. The zero-order chi connectivity index (χ0) is 27.4. The van der Waals surface area contributed by atoms with Crippen LogP contribution >= 0.6 is 0 Å². The molecule has 0 unspecified atom stereocenters. The molecule has 2 rings (SSSR count). The number of unbranched alkanes of at least 4 members (excludes halogenated alkanes) is 1. The molecule has 2 saturated carbocycles. The molecule has 0 aromatic carbocycles. The molecule has 212 valence electrons. The summed E-state index contributed by atoms with van der Waals surface area (Å²) in [7, 11) is 0. The van der Waals surface area contributed by atoms with Crippen LogP contribution in [0.2, 0.25) is 0 Å². The molecular formula is C28H43F3O6. The molecule has 0 saturated heterocycles. The van der Waals surface area contributed by atoms with Crippen LogP contribution in [0.5, 0.6) is 0 Å². The average Bonchev–Trinajstić information content (AvgIpc) is 2.89. The number of aliphatic hydroxyl groups is 2. The molecule has 2 fully saturated rings. The van der Waals surface area contributed by atoms with E-state index in [9.17, 15) is 22.8 Å². The third-order valence-corrected chi connectivity index (χ3v) is 8.18. The monoisotopic (exact) mass is 532 g/mol. The van der Waals surface area contributed by atoms with Crippen molar-refractivity contribution < 1.29 is 42.4 Å². The number of hydrogen-bond donors (Lipinski definition) is 2. The molecule has 0 aliphatic heterocycles. The lowest BCUT2D eigenvalue weighted by molar-refractivity contribution is -0.146. The lowest BCUT2D eigenvalue weighted by atomic mass is 9.67. The van der Waals surface area contributed by atoms with Gasteiger partial charge in [0, 0.05) is 12.3 Å². The summed E-state index contributed by atoms with van der Waals surface area (Å²) < 4.78 is 47.6. The van der Waals surface area contributed by atoms with Gasteiger partial charge in [-0.25, -0.2) is 9.59 Å². The maximum absolute atomic E-state index is 12.3. The van der Waals surface area contributed by atoms with Gasteiger partial charge < -0.3 is 19.7 Å². The zero-order valence-corrected chi connectivity index (χ0v) is 21.8. The molecule has 0 radical (unpaired) electrons. The largest absolute Gasteiger partial charge is 0.462 e. The first-order valence-corrected chi connectivity index (χ1v) is 13.5. The predicted octanol–water partition coefficient (Wildman–Crippen LogP) is 5.52. The van der Waals surface area contributed by atoms with Crippen molar-refractivity contribution in [2.45, 2.75) is 83.2 Å².